The number of nitrogens with zero attached hydrogens (tertiary/aromatic N) is 1. The van der Waals surface area contributed by atoms with Crippen molar-refractivity contribution in [2.75, 3.05) is 5.73 Å². The molecule has 4 nitrogen and oxygen atoms in total. The van der Waals surface area contributed by atoms with Crippen molar-refractivity contribution in [2.45, 2.75) is 6.92 Å². The molecule has 0 spiro atoms. The number of hydrogen-bond acceptors (Lipinski definition) is 2. The van der Waals surface area contributed by atoms with Crippen LogP contribution in [0, 0.1) is 6.92 Å². The quantitative estimate of drug-likeness (QED) is 0.583. The van der Waals surface area contributed by atoms with Gasteiger partial charge in [0.25, 0.3) is 0 Å². The van der Waals surface area contributed by atoms with Gasteiger partial charge in [-0.05, 0) is 24.6 Å². The Hall–Kier alpha value is -1.71. The van der Waals surface area contributed by atoms with E-state index < -0.39 is 0 Å². The summed E-state index contributed by atoms with van der Waals surface area (Å²) >= 11 is 0. The minimum absolute atomic E-state index is 0.111. The molecule has 0 radical (unpaired) electrons. The molecule has 0 saturated carbocycles. The number of aryl methyl sites for hydroxylation is 2. The van der Waals surface area contributed by atoms with E-state index >= 15 is 0 Å². The number of anilines is 1. The first kappa shape index (κ1) is 7.91. The van der Waals surface area contributed by atoms with Crippen molar-refractivity contribution in [1.29, 1.82) is 0 Å². The van der Waals surface area contributed by atoms with E-state index in [1.807, 2.05) is 13.0 Å². The molecular weight excluding hydrogens is 166 g/mol. The van der Waals surface area contributed by atoms with Gasteiger partial charge in [-0.25, -0.2) is 4.79 Å². The number of hydrogen-bond donors (Lipinski definition) is 2. The lowest BCUT2D eigenvalue weighted by Crippen LogP contribution is -2.11. The highest BCUT2D eigenvalue weighted by Crippen LogP contribution is 2.17. The molecule has 1 heterocycles. The van der Waals surface area contributed by atoms with Crippen LogP contribution >= 0.6 is 0 Å². The van der Waals surface area contributed by atoms with E-state index in [0.29, 0.717) is 5.69 Å². The molecule has 0 aliphatic rings. The van der Waals surface area contributed by atoms with Crippen molar-refractivity contribution < 1.29 is 0 Å². The van der Waals surface area contributed by atoms with Gasteiger partial charge in [-0.2, -0.15) is 0 Å². The molecule has 2 rings (SSSR count). The molecule has 0 atom stereocenters. The average molecular weight is 177 g/mol. The second-order valence-electron chi connectivity index (χ2n) is 3.22. The Labute approximate surface area is 75.0 Å². The van der Waals surface area contributed by atoms with Crippen LogP contribution in [0.15, 0.2) is 16.9 Å². The molecule has 1 aromatic carbocycles. The Morgan fingerprint density at radius 2 is 2.15 bits per heavy atom. The standard InChI is InChI=1S/C9H11N3O/c1-5-3-8-7(4-6(5)10)11-9(13)12(8)2/h3-4H,10H2,1-2H3,(H,11,13). The predicted octanol–water partition coefficient (Wildman–Crippen LogP) is 0.757. The highest BCUT2D eigenvalue weighted by Gasteiger charge is 2.04. The molecule has 4 heteroatoms. The molecule has 0 fully saturated rings. The number of rotatable bonds is 0. The minimum atomic E-state index is -0.111. The zero-order valence-electron chi connectivity index (χ0n) is 7.59. The van der Waals surface area contributed by atoms with Gasteiger partial charge in [-0.3, -0.25) is 4.57 Å². The Morgan fingerprint density at radius 3 is 2.85 bits per heavy atom. The van der Waals surface area contributed by atoms with Gasteiger partial charge in [0.15, 0.2) is 0 Å². The van der Waals surface area contributed by atoms with Gasteiger partial charge in [0.2, 0.25) is 0 Å². The predicted molar refractivity (Wildman–Crippen MR) is 52.7 cm³/mol. The van der Waals surface area contributed by atoms with Gasteiger partial charge in [0.05, 0.1) is 11.0 Å². The number of aromatic nitrogens is 2. The van der Waals surface area contributed by atoms with Crippen LogP contribution in [0.4, 0.5) is 5.69 Å². The maximum Gasteiger partial charge on any atom is 0.326 e. The monoisotopic (exact) mass is 177 g/mol. The maximum atomic E-state index is 11.2. The van der Waals surface area contributed by atoms with Crippen molar-refractivity contribution in [1.82, 2.24) is 9.55 Å². The number of nitrogens with two attached hydrogens (primary N) is 1. The highest BCUT2D eigenvalue weighted by atomic mass is 16.1. The summed E-state index contributed by atoms with van der Waals surface area (Å²) in [6, 6.07) is 3.69. The summed E-state index contributed by atoms with van der Waals surface area (Å²) in [5, 5.41) is 0. The summed E-state index contributed by atoms with van der Waals surface area (Å²) < 4.78 is 1.57. The number of fused-ring (bicyclic) bond motifs is 1. The highest BCUT2D eigenvalue weighted by molar-refractivity contribution is 5.80. The summed E-state index contributed by atoms with van der Waals surface area (Å²) in [7, 11) is 1.73. The van der Waals surface area contributed by atoms with Crippen molar-refractivity contribution in [2.24, 2.45) is 7.05 Å². The number of nitrogens with one attached hydrogen (secondary N) is 1. The smallest absolute Gasteiger partial charge is 0.326 e. The Kier molecular flexibility index (Phi) is 1.45. The molecule has 0 aliphatic carbocycles. The molecular formula is C9H11N3O. The third-order valence-electron chi connectivity index (χ3n) is 2.29. The van der Waals surface area contributed by atoms with Crippen molar-refractivity contribution >= 4 is 16.7 Å². The van der Waals surface area contributed by atoms with Crippen molar-refractivity contribution in [3.05, 3.63) is 28.2 Å². The molecule has 13 heavy (non-hydrogen) atoms. The fourth-order valence-corrected chi connectivity index (χ4v) is 1.40. The first-order valence-corrected chi connectivity index (χ1v) is 4.04. The van der Waals surface area contributed by atoms with E-state index in [4.69, 9.17) is 5.73 Å². The van der Waals surface area contributed by atoms with E-state index in [9.17, 15) is 4.79 Å². The Balaban J connectivity index is 2.97. The van der Waals surface area contributed by atoms with Crippen molar-refractivity contribution in [3.63, 3.8) is 0 Å². The summed E-state index contributed by atoms with van der Waals surface area (Å²) in [5.74, 6) is 0. The van der Waals surface area contributed by atoms with E-state index in [2.05, 4.69) is 4.98 Å². The molecule has 68 valence electrons. The topological polar surface area (TPSA) is 63.8 Å². The summed E-state index contributed by atoms with van der Waals surface area (Å²) in [6.07, 6.45) is 0. The van der Waals surface area contributed by atoms with Gasteiger partial charge in [-0.15, -0.1) is 0 Å². The van der Waals surface area contributed by atoms with Crippen LogP contribution in [-0.4, -0.2) is 9.55 Å². The summed E-state index contributed by atoms with van der Waals surface area (Å²) in [6.45, 7) is 1.92. The molecule has 0 unspecified atom stereocenters. The van der Waals surface area contributed by atoms with Crippen LogP contribution in [0.25, 0.3) is 11.0 Å². The van der Waals surface area contributed by atoms with E-state index in [0.717, 1.165) is 16.6 Å². The van der Waals surface area contributed by atoms with Gasteiger partial charge < -0.3 is 10.7 Å². The van der Waals surface area contributed by atoms with Crippen LogP contribution < -0.4 is 11.4 Å². The molecule has 1 aromatic heterocycles. The van der Waals surface area contributed by atoms with E-state index in [1.165, 1.54) is 0 Å². The normalized spacial score (nSPS) is 10.9. The summed E-state index contributed by atoms with van der Waals surface area (Å²) in [4.78, 5) is 13.9. The Bertz CT molecular complexity index is 521. The third-order valence-corrected chi connectivity index (χ3v) is 2.29. The lowest BCUT2D eigenvalue weighted by atomic mass is 10.2. The van der Waals surface area contributed by atoms with Gasteiger partial charge in [0.1, 0.15) is 0 Å². The maximum absolute atomic E-state index is 11.2. The lowest BCUT2D eigenvalue weighted by molar-refractivity contribution is 0.891. The van der Waals surface area contributed by atoms with Gasteiger partial charge in [0, 0.05) is 12.7 Å². The molecule has 0 aliphatic heterocycles. The molecule has 2 aromatic rings. The number of nitrogen functional groups attached to an aromatic ring is 1. The van der Waals surface area contributed by atoms with E-state index in [1.54, 1.807) is 17.7 Å². The minimum Gasteiger partial charge on any atom is -0.398 e. The zero-order valence-corrected chi connectivity index (χ0v) is 7.59. The molecule has 0 bridgehead atoms. The second-order valence-corrected chi connectivity index (χ2v) is 3.22. The van der Waals surface area contributed by atoms with Crippen LogP contribution in [0.1, 0.15) is 5.56 Å². The van der Waals surface area contributed by atoms with Crippen LogP contribution in [0.2, 0.25) is 0 Å². The van der Waals surface area contributed by atoms with Gasteiger partial charge >= 0.3 is 5.69 Å². The van der Waals surface area contributed by atoms with Crippen molar-refractivity contribution in [3.8, 4) is 0 Å². The number of imidazole rings is 1. The van der Waals surface area contributed by atoms with Crippen LogP contribution in [0.5, 0.6) is 0 Å². The van der Waals surface area contributed by atoms with Crippen LogP contribution in [0.3, 0.4) is 0 Å². The SMILES string of the molecule is Cc1cc2c(cc1N)[nH]c(=O)n2C. The number of benzene rings is 1. The Morgan fingerprint density at radius 1 is 1.46 bits per heavy atom. The second kappa shape index (κ2) is 2.39. The largest absolute Gasteiger partial charge is 0.398 e. The zero-order chi connectivity index (χ0) is 9.59. The van der Waals surface area contributed by atoms with E-state index in [-0.39, 0.29) is 5.69 Å². The first-order chi connectivity index (χ1) is 6.09. The first-order valence-electron chi connectivity index (χ1n) is 4.04. The third kappa shape index (κ3) is 1.02. The van der Waals surface area contributed by atoms with Crippen LogP contribution in [-0.2, 0) is 7.05 Å². The van der Waals surface area contributed by atoms with Gasteiger partial charge in [-0.1, -0.05) is 0 Å². The lowest BCUT2D eigenvalue weighted by Gasteiger charge is -1.99. The fourth-order valence-electron chi connectivity index (χ4n) is 1.40. The number of H-pyrrole nitrogens is 1. The molecule has 3 N–H and O–H groups in total. The summed E-state index contributed by atoms with van der Waals surface area (Å²) in [5.41, 5.74) is 8.97. The number of aromatic amines is 1. The average Bonchev–Trinajstić information content (AvgIpc) is 2.32. The molecule has 0 saturated heterocycles. The fraction of sp³-hybridized carbons (Fsp3) is 0.222. The molecule has 0 amide bonds.